The molecule has 3 aromatic rings. The van der Waals surface area contributed by atoms with Gasteiger partial charge in [-0.1, -0.05) is 29.8 Å². The Balaban J connectivity index is 1.81. The Hall–Kier alpha value is -3.12. The van der Waals surface area contributed by atoms with Crippen LogP contribution in [0.4, 0.5) is 4.39 Å². The quantitative estimate of drug-likeness (QED) is 0.689. The van der Waals surface area contributed by atoms with Crippen molar-refractivity contribution >= 4 is 17.5 Å². The molecule has 0 saturated carbocycles. The fourth-order valence-corrected chi connectivity index (χ4v) is 2.78. The Bertz CT molecular complexity index is 1050. The average molecular weight is 401 g/mol. The molecule has 0 atom stereocenters. The third-order valence-corrected chi connectivity index (χ3v) is 4.41. The molecule has 0 radical (unpaired) electrons. The molecule has 0 bridgehead atoms. The van der Waals surface area contributed by atoms with Crippen molar-refractivity contribution in [2.24, 2.45) is 0 Å². The van der Waals surface area contributed by atoms with Crippen molar-refractivity contribution in [2.75, 3.05) is 13.7 Å². The highest BCUT2D eigenvalue weighted by molar-refractivity contribution is 6.30. The Morgan fingerprint density at radius 1 is 1.11 bits per heavy atom. The Morgan fingerprint density at radius 3 is 2.50 bits per heavy atom. The highest BCUT2D eigenvalue weighted by Crippen LogP contribution is 2.22. The first-order valence-corrected chi connectivity index (χ1v) is 8.92. The van der Waals surface area contributed by atoms with Crippen molar-refractivity contribution < 1.29 is 13.9 Å². The molecule has 0 fully saturated rings. The van der Waals surface area contributed by atoms with Gasteiger partial charge in [-0.2, -0.15) is 0 Å². The van der Waals surface area contributed by atoms with Gasteiger partial charge in [-0.15, -0.1) is 0 Å². The van der Waals surface area contributed by atoms with Crippen LogP contribution in [0.2, 0.25) is 5.02 Å². The van der Waals surface area contributed by atoms with Gasteiger partial charge in [0.2, 0.25) is 0 Å². The number of carbonyl (C=O) groups is 1. The van der Waals surface area contributed by atoms with E-state index >= 15 is 0 Å². The summed E-state index contributed by atoms with van der Waals surface area (Å²) in [5.41, 5.74) is 1.80. The second kappa shape index (κ2) is 8.71. The van der Waals surface area contributed by atoms with E-state index in [0.717, 1.165) is 11.1 Å². The lowest BCUT2D eigenvalue weighted by molar-refractivity contribution is -0.122. The van der Waals surface area contributed by atoms with Crippen molar-refractivity contribution in [2.45, 2.75) is 6.54 Å². The zero-order valence-corrected chi connectivity index (χ0v) is 15.9. The third kappa shape index (κ3) is 4.78. The summed E-state index contributed by atoms with van der Waals surface area (Å²) in [4.78, 5) is 23.4. The van der Waals surface area contributed by atoms with Gasteiger partial charge in [0.15, 0.2) is 6.61 Å². The fourth-order valence-electron chi connectivity index (χ4n) is 2.62. The first kappa shape index (κ1) is 19.6. The second-order valence-electron chi connectivity index (χ2n) is 6.11. The molecule has 0 aliphatic carbocycles. The molecular weight excluding hydrogens is 383 g/mol. The van der Waals surface area contributed by atoms with E-state index in [0.29, 0.717) is 16.3 Å². The van der Waals surface area contributed by atoms with Gasteiger partial charge >= 0.3 is 0 Å². The fraction of sp³-hybridized carbons (Fsp3) is 0.143. The summed E-state index contributed by atoms with van der Waals surface area (Å²) in [7, 11) is 1.54. The number of hydrogen-bond donors (Lipinski definition) is 1. The molecule has 144 valence electrons. The van der Waals surface area contributed by atoms with Gasteiger partial charge in [-0.05, 0) is 41.5 Å². The summed E-state index contributed by atoms with van der Waals surface area (Å²) >= 11 is 5.78. The van der Waals surface area contributed by atoms with Gasteiger partial charge in [-0.3, -0.25) is 9.59 Å². The largest absolute Gasteiger partial charge is 0.484 e. The minimum Gasteiger partial charge on any atom is -0.484 e. The van der Waals surface area contributed by atoms with Crippen LogP contribution in [0.5, 0.6) is 5.75 Å². The molecule has 5 nitrogen and oxygen atoms in total. The number of nitrogens with zero attached hydrogens (tertiary/aromatic N) is 1. The van der Waals surface area contributed by atoms with Crippen molar-refractivity contribution in [3.05, 3.63) is 87.6 Å². The van der Waals surface area contributed by atoms with Crippen LogP contribution in [0, 0.1) is 5.82 Å². The minimum absolute atomic E-state index is 0.0621. The maximum absolute atomic E-state index is 14.0. The molecule has 0 aliphatic rings. The molecule has 2 aromatic carbocycles. The molecule has 7 heteroatoms. The number of benzene rings is 2. The Labute approximate surface area is 166 Å². The van der Waals surface area contributed by atoms with E-state index < -0.39 is 5.82 Å². The van der Waals surface area contributed by atoms with Crippen LogP contribution in [-0.2, 0) is 11.3 Å². The summed E-state index contributed by atoms with van der Waals surface area (Å²) in [6, 6.07) is 14.7. The van der Waals surface area contributed by atoms with Crippen LogP contribution in [0.15, 0.2) is 65.6 Å². The van der Waals surface area contributed by atoms with Crippen molar-refractivity contribution in [3.8, 4) is 16.9 Å². The molecule has 1 aromatic heterocycles. The highest BCUT2D eigenvalue weighted by atomic mass is 35.5. The molecule has 0 spiro atoms. The SMILES string of the molecule is CNC(=O)COc1ccc(-c2ccc(=O)n(Cc3ccc(Cl)cc3F)c2)cc1. The molecule has 1 N–H and O–H groups in total. The standard InChI is InChI=1S/C21H18ClFN2O3/c1-24-20(26)13-28-18-7-3-14(4-8-18)15-5-9-21(27)25(11-15)12-16-2-6-17(22)10-19(16)23/h2-11H,12-13H2,1H3,(H,24,26). The van der Waals surface area contributed by atoms with Gasteiger partial charge in [0.05, 0.1) is 6.54 Å². The normalized spacial score (nSPS) is 10.5. The highest BCUT2D eigenvalue weighted by Gasteiger charge is 2.07. The number of nitrogens with one attached hydrogen (secondary N) is 1. The van der Waals surface area contributed by atoms with Gasteiger partial charge in [0.25, 0.3) is 11.5 Å². The van der Waals surface area contributed by atoms with Crippen LogP contribution in [-0.4, -0.2) is 24.1 Å². The number of aromatic nitrogens is 1. The number of amides is 1. The monoisotopic (exact) mass is 400 g/mol. The van der Waals surface area contributed by atoms with Gasteiger partial charge < -0.3 is 14.6 Å². The Morgan fingerprint density at radius 2 is 1.82 bits per heavy atom. The van der Waals surface area contributed by atoms with Crippen LogP contribution in [0.1, 0.15) is 5.56 Å². The van der Waals surface area contributed by atoms with E-state index in [2.05, 4.69) is 5.32 Å². The van der Waals surface area contributed by atoms with Crippen molar-refractivity contribution in [1.82, 2.24) is 9.88 Å². The maximum Gasteiger partial charge on any atom is 0.257 e. The molecule has 0 saturated heterocycles. The number of likely N-dealkylation sites (N-methyl/N-ethyl adjacent to an activating group) is 1. The summed E-state index contributed by atoms with van der Waals surface area (Å²) in [6.45, 7) is 0.0381. The van der Waals surface area contributed by atoms with Crippen LogP contribution >= 0.6 is 11.6 Å². The molecule has 1 amide bonds. The van der Waals surface area contributed by atoms with Crippen LogP contribution in [0.3, 0.4) is 0 Å². The summed E-state index contributed by atoms with van der Waals surface area (Å²) < 4.78 is 20.9. The predicted molar refractivity (Wildman–Crippen MR) is 106 cm³/mol. The zero-order chi connectivity index (χ0) is 20.1. The van der Waals surface area contributed by atoms with Crippen LogP contribution in [0.25, 0.3) is 11.1 Å². The third-order valence-electron chi connectivity index (χ3n) is 4.18. The lowest BCUT2D eigenvalue weighted by atomic mass is 10.1. The first-order chi connectivity index (χ1) is 13.5. The zero-order valence-electron chi connectivity index (χ0n) is 15.1. The molecule has 3 rings (SSSR count). The summed E-state index contributed by atoms with van der Waals surface area (Å²) in [6.07, 6.45) is 1.68. The summed E-state index contributed by atoms with van der Waals surface area (Å²) in [5, 5.41) is 2.79. The number of ether oxygens (including phenoxy) is 1. The van der Waals surface area contributed by atoms with Crippen molar-refractivity contribution in [3.63, 3.8) is 0 Å². The topological polar surface area (TPSA) is 60.3 Å². The number of pyridine rings is 1. The molecule has 1 heterocycles. The summed E-state index contributed by atoms with van der Waals surface area (Å²) in [5.74, 6) is -0.114. The van der Waals surface area contributed by atoms with Gasteiger partial charge in [0, 0.05) is 29.9 Å². The second-order valence-corrected chi connectivity index (χ2v) is 6.54. The average Bonchev–Trinajstić information content (AvgIpc) is 2.70. The molecular formula is C21H18ClFN2O3. The first-order valence-electron chi connectivity index (χ1n) is 8.54. The number of halogens is 2. The van der Waals surface area contributed by atoms with E-state index in [9.17, 15) is 14.0 Å². The molecule has 0 unspecified atom stereocenters. The van der Waals surface area contributed by atoms with E-state index in [1.165, 1.54) is 16.7 Å². The Kier molecular flexibility index (Phi) is 6.11. The van der Waals surface area contributed by atoms with Crippen LogP contribution < -0.4 is 15.6 Å². The van der Waals surface area contributed by atoms with E-state index in [1.54, 1.807) is 43.6 Å². The smallest absolute Gasteiger partial charge is 0.257 e. The lowest BCUT2D eigenvalue weighted by Crippen LogP contribution is -2.24. The molecule has 28 heavy (non-hydrogen) atoms. The number of carbonyl (C=O) groups excluding carboxylic acids is 1. The predicted octanol–water partition coefficient (Wildman–Crippen LogP) is 3.48. The maximum atomic E-state index is 14.0. The lowest BCUT2D eigenvalue weighted by Gasteiger charge is -2.10. The van der Waals surface area contributed by atoms with Gasteiger partial charge in [-0.25, -0.2) is 4.39 Å². The number of rotatable bonds is 6. The van der Waals surface area contributed by atoms with Gasteiger partial charge in [0.1, 0.15) is 11.6 Å². The van der Waals surface area contributed by atoms with E-state index in [-0.39, 0.29) is 24.6 Å². The van der Waals surface area contributed by atoms with E-state index in [4.69, 9.17) is 16.3 Å². The minimum atomic E-state index is -0.456. The van der Waals surface area contributed by atoms with E-state index in [1.807, 2.05) is 12.1 Å². The molecule has 0 aliphatic heterocycles. The number of hydrogen-bond acceptors (Lipinski definition) is 3. The van der Waals surface area contributed by atoms with Crippen molar-refractivity contribution in [1.29, 1.82) is 0 Å².